The van der Waals surface area contributed by atoms with E-state index in [1.807, 2.05) is 4.90 Å². The molecule has 2 saturated heterocycles. The molecule has 2 aliphatic rings. The molecule has 0 aromatic heterocycles. The Morgan fingerprint density at radius 1 is 1.32 bits per heavy atom. The lowest BCUT2D eigenvalue weighted by molar-refractivity contribution is -0.143. The van der Waals surface area contributed by atoms with E-state index in [0.29, 0.717) is 12.3 Å². The predicted octanol–water partition coefficient (Wildman–Crippen LogP) is 0.510. The van der Waals surface area contributed by atoms with Crippen LogP contribution in [0.15, 0.2) is 0 Å². The van der Waals surface area contributed by atoms with E-state index in [1.54, 1.807) is 16.7 Å². The maximum atomic E-state index is 12.5. The maximum absolute atomic E-state index is 12.5. The second-order valence-electron chi connectivity index (χ2n) is 5.06. The topological polar surface area (TPSA) is 52.7 Å². The van der Waals surface area contributed by atoms with Crippen LogP contribution in [0.25, 0.3) is 0 Å². The monoisotopic (exact) mass is 285 g/mol. The van der Waals surface area contributed by atoms with Crippen molar-refractivity contribution < 1.29 is 9.59 Å². The normalized spacial score (nSPS) is 23.7. The number of carbonyl (C=O) groups excluding carboxylic acids is 2. The minimum absolute atomic E-state index is 0.136. The van der Waals surface area contributed by atoms with Crippen LogP contribution in [0, 0.1) is 0 Å². The molecule has 0 saturated carbocycles. The minimum Gasteiger partial charge on any atom is -0.338 e. The highest BCUT2D eigenvalue weighted by atomic mass is 32.2. The molecular weight excluding hydrogens is 262 g/mol. The molecule has 2 fully saturated rings. The van der Waals surface area contributed by atoms with Crippen LogP contribution in [0.2, 0.25) is 0 Å². The van der Waals surface area contributed by atoms with Gasteiger partial charge in [-0.25, -0.2) is 0 Å². The van der Waals surface area contributed by atoms with Crippen molar-refractivity contribution in [3.8, 4) is 0 Å². The Morgan fingerprint density at radius 2 is 2.05 bits per heavy atom. The van der Waals surface area contributed by atoms with Crippen LogP contribution in [0.3, 0.4) is 0 Å². The van der Waals surface area contributed by atoms with Crippen molar-refractivity contribution in [2.45, 2.75) is 32.2 Å². The van der Waals surface area contributed by atoms with Gasteiger partial charge in [-0.2, -0.15) is 0 Å². The quantitative estimate of drug-likeness (QED) is 0.818. The molecule has 0 bridgehead atoms. The molecule has 1 atom stereocenters. The number of rotatable bonds is 4. The van der Waals surface area contributed by atoms with Crippen molar-refractivity contribution in [2.24, 2.45) is 0 Å². The molecule has 1 N–H and O–H groups in total. The number of carbonyl (C=O) groups is 2. The molecule has 0 radical (unpaired) electrons. The summed E-state index contributed by atoms with van der Waals surface area (Å²) in [6, 6.07) is -0.229. The molecule has 2 aliphatic heterocycles. The summed E-state index contributed by atoms with van der Waals surface area (Å²) in [5.74, 6) is 1.70. The second kappa shape index (κ2) is 7.14. The molecule has 0 aromatic rings. The summed E-state index contributed by atoms with van der Waals surface area (Å²) >= 11 is 1.69. The Kier molecular flexibility index (Phi) is 5.51. The number of piperazine rings is 1. The fourth-order valence-corrected chi connectivity index (χ4v) is 3.63. The van der Waals surface area contributed by atoms with Crippen molar-refractivity contribution in [3.05, 3.63) is 0 Å². The number of amides is 2. The Balaban J connectivity index is 1.93. The molecule has 1 unspecified atom stereocenters. The first kappa shape index (κ1) is 14.7. The van der Waals surface area contributed by atoms with Crippen LogP contribution in [0.1, 0.15) is 26.2 Å². The van der Waals surface area contributed by atoms with Gasteiger partial charge >= 0.3 is 0 Å². The standard InChI is InChI=1S/C13H23N3O2S/c1-2-3-4-12(17)16-10-19-9-11(16)13(18)15-7-5-14-6-8-15/h11,14H,2-10H2,1H3. The summed E-state index contributed by atoms with van der Waals surface area (Å²) in [6.07, 6.45) is 2.50. The van der Waals surface area contributed by atoms with E-state index in [0.717, 1.165) is 44.8 Å². The average molecular weight is 285 g/mol. The molecule has 6 heteroatoms. The van der Waals surface area contributed by atoms with Gasteiger partial charge in [-0.3, -0.25) is 9.59 Å². The zero-order chi connectivity index (χ0) is 13.7. The van der Waals surface area contributed by atoms with E-state index in [4.69, 9.17) is 0 Å². The second-order valence-corrected chi connectivity index (χ2v) is 6.06. The Morgan fingerprint density at radius 3 is 2.74 bits per heavy atom. The van der Waals surface area contributed by atoms with Crippen LogP contribution in [0.4, 0.5) is 0 Å². The minimum atomic E-state index is -0.229. The van der Waals surface area contributed by atoms with Crippen LogP contribution in [-0.4, -0.2) is 65.5 Å². The van der Waals surface area contributed by atoms with Crippen LogP contribution in [0.5, 0.6) is 0 Å². The van der Waals surface area contributed by atoms with E-state index in [1.165, 1.54) is 0 Å². The zero-order valence-electron chi connectivity index (χ0n) is 11.6. The zero-order valence-corrected chi connectivity index (χ0v) is 12.4. The average Bonchev–Trinajstić information content (AvgIpc) is 2.94. The fraction of sp³-hybridized carbons (Fsp3) is 0.846. The van der Waals surface area contributed by atoms with Gasteiger partial charge in [0.05, 0.1) is 5.88 Å². The number of hydrogen-bond acceptors (Lipinski definition) is 4. The van der Waals surface area contributed by atoms with E-state index in [9.17, 15) is 9.59 Å². The smallest absolute Gasteiger partial charge is 0.246 e. The van der Waals surface area contributed by atoms with Crippen molar-refractivity contribution in [3.63, 3.8) is 0 Å². The Hall–Kier alpha value is -0.750. The highest BCUT2D eigenvalue weighted by Crippen LogP contribution is 2.24. The lowest BCUT2D eigenvalue weighted by Gasteiger charge is -2.32. The van der Waals surface area contributed by atoms with Crippen molar-refractivity contribution in [1.29, 1.82) is 0 Å². The van der Waals surface area contributed by atoms with Gasteiger partial charge in [0.1, 0.15) is 6.04 Å². The highest BCUT2D eigenvalue weighted by Gasteiger charge is 2.36. The molecule has 0 aromatic carbocycles. The molecule has 2 amide bonds. The number of unbranched alkanes of at least 4 members (excludes halogenated alkanes) is 1. The molecule has 19 heavy (non-hydrogen) atoms. The first-order valence-corrected chi connectivity index (χ1v) is 8.26. The third-order valence-electron chi connectivity index (χ3n) is 3.66. The lowest BCUT2D eigenvalue weighted by atomic mass is 10.2. The van der Waals surface area contributed by atoms with Gasteiger partial charge in [0.2, 0.25) is 11.8 Å². The molecule has 2 heterocycles. The molecule has 108 valence electrons. The highest BCUT2D eigenvalue weighted by molar-refractivity contribution is 7.99. The van der Waals surface area contributed by atoms with Gasteiger partial charge in [0.15, 0.2) is 0 Å². The molecule has 0 spiro atoms. The van der Waals surface area contributed by atoms with Crippen molar-refractivity contribution >= 4 is 23.6 Å². The fourth-order valence-electron chi connectivity index (χ4n) is 2.46. The lowest BCUT2D eigenvalue weighted by Crippen LogP contribution is -2.54. The van der Waals surface area contributed by atoms with Crippen LogP contribution >= 0.6 is 11.8 Å². The number of nitrogens with one attached hydrogen (secondary N) is 1. The maximum Gasteiger partial charge on any atom is 0.246 e. The SMILES string of the molecule is CCCCC(=O)N1CSCC1C(=O)N1CCNCC1. The number of thioether (sulfide) groups is 1. The van der Waals surface area contributed by atoms with Crippen LogP contribution in [-0.2, 0) is 9.59 Å². The van der Waals surface area contributed by atoms with Gasteiger partial charge in [0.25, 0.3) is 0 Å². The predicted molar refractivity (Wildman–Crippen MR) is 76.9 cm³/mol. The molecule has 5 nitrogen and oxygen atoms in total. The Labute approximate surface area is 119 Å². The van der Waals surface area contributed by atoms with Crippen LogP contribution < -0.4 is 5.32 Å². The van der Waals surface area contributed by atoms with Crippen molar-refractivity contribution in [2.75, 3.05) is 37.8 Å². The molecule has 0 aliphatic carbocycles. The van der Waals surface area contributed by atoms with Crippen molar-refractivity contribution in [1.82, 2.24) is 15.1 Å². The van der Waals surface area contributed by atoms with Gasteiger partial charge < -0.3 is 15.1 Å². The van der Waals surface area contributed by atoms with Gasteiger partial charge in [-0.15, -0.1) is 11.8 Å². The Bertz CT molecular complexity index is 332. The first-order chi connectivity index (χ1) is 9.24. The van der Waals surface area contributed by atoms with Gasteiger partial charge in [-0.1, -0.05) is 13.3 Å². The summed E-state index contributed by atoms with van der Waals surface area (Å²) in [5.41, 5.74) is 0. The summed E-state index contributed by atoms with van der Waals surface area (Å²) in [7, 11) is 0. The van der Waals surface area contributed by atoms with E-state index < -0.39 is 0 Å². The number of hydrogen-bond donors (Lipinski definition) is 1. The van der Waals surface area contributed by atoms with Gasteiger partial charge in [-0.05, 0) is 6.42 Å². The van der Waals surface area contributed by atoms with E-state index in [2.05, 4.69) is 12.2 Å². The summed E-state index contributed by atoms with van der Waals surface area (Å²) in [4.78, 5) is 28.3. The third kappa shape index (κ3) is 3.63. The van der Waals surface area contributed by atoms with E-state index in [-0.39, 0.29) is 17.9 Å². The number of nitrogens with zero attached hydrogens (tertiary/aromatic N) is 2. The summed E-state index contributed by atoms with van der Waals surface area (Å²) in [5, 5.41) is 3.24. The van der Waals surface area contributed by atoms with E-state index >= 15 is 0 Å². The molecular formula is C13H23N3O2S. The summed E-state index contributed by atoms with van der Waals surface area (Å²) < 4.78 is 0. The summed E-state index contributed by atoms with van der Waals surface area (Å²) in [6.45, 7) is 5.31. The first-order valence-electron chi connectivity index (χ1n) is 7.10. The van der Waals surface area contributed by atoms with Gasteiger partial charge in [0, 0.05) is 38.4 Å². The third-order valence-corrected chi connectivity index (χ3v) is 4.67. The molecule has 2 rings (SSSR count). The largest absolute Gasteiger partial charge is 0.338 e.